The summed E-state index contributed by atoms with van der Waals surface area (Å²) in [6, 6.07) is 0.256. The molecule has 0 N–H and O–H groups in total. The van der Waals surface area contributed by atoms with Gasteiger partial charge in [0, 0.05) is 36.9 Å². The van der Waals surface area contributed by atoms with E-state index in [0.29, 0.717) is 17.3 Å². The van der Waals surface area contributed by atoms with Crippen molar-refractivity contribution in [2.75, 3.05) is 36.9 Å². The summed E-state index contributed by atoms with van der Waals surface area (Å²) in [5, 5.41) is 0. The van der Waals surface area contributed by atoms with Crippen LogP contribution in [0.25, 0.3) is 0 Å². The van der Waals surface area contributed by atoms with E-state index in [9.17, 15) is 4.79 Å². The monoisotopic (exact) mass is 252 g/mol. The molecule has 0 radical (unpaired) electrons. The van der Waals surface area contributed by atoms with E-state index in [-0.39, 0.29) is 12.1 Å². The summed E-state index contributed by atoms with van der Waals surface area (Å²) in [6.45, 7) is 2.32. The molecule has 0 saturated carbocycles. The summed E-state index contributed by atoms with van der Waals surface area (Å²) >= 11 is 12.6. The van der Waals surface area contributed by atoms with Gasteiger partial charge in [0.25, 0.3) is 0 Å². The van der Waals surface area contributed by atoms with Crippen molar-refractivity contribution in [2.24, 2.45) is 0 Å². The van der Waals surface area contributed by atoms with Crippen LogP contribution in [0.1, 0.15) is 0 Å². The molecule has 1 rings (SSSR count). The Morgan fingerprint density at radius 2 is 1.86 bits per heavy atom. The molecule has 0 unspecified atom stereocenters. The molecule has 0 atom stereocenters. The summed E-state index contributed by atoms with van der Waals surface area (Å²) in [7, 11) is 0. The maximum Gasteiger partial charge on any atom is 0.320 e. The van der Waals surface area contributed by atoms with Crippen molar-refractivity contribution in [1.29, 1.82) is 0 Å². The van der Waals surface area contributed by atoms with Gasteiger partial charge in [0.15, 0.2) is 0 Å². The predicted molar refractivity (Wildman–Crippen MR) is 69.0 cm³/mol. The van der Waals surface area contributed by atoms with Gasteiger partial charge in [0.1, 0.15) is 0 Å². The zero-order chi connectivity index (χ0) is 10.6. The van der Waals surface area contributed by atoms with Crippen LogP contribution in [0, 0.1) is 0 Å². The van der Waals surface area contributed by atoms with Gasteiger partial charge in [-0.25, -0.2) is 4.79 Å². The summed E-state index contributed by atoms with van der Waals surface area (Å²) in [6.07, 6.45) is 0. The van der Waals surface area contributed by atoms with E-state index in [2.05, 4.69) is 37.9 Å². The standard InChI is InChI=1S/C8H16N2OS3/c11-8-9(3-4-12)1-2-10(8)7(5-13)6-14/h7,12-14H,1-6H2. The first-order valence-corrected chi connectivity index (χ1v) is 6.52. The molecule has 0 aromatic heterocycles. The molecule has 0 spiro atoms. The Kier molecular flexibility index (Phi) is 5.33. The van der Waals surface area contributed by atoms with Gasteiger partial charge < -0.3 is 9.80 Å². The summed E-state index contributed by atoms with van der Waals surface area (Å²) in [5.41, 5.74) is 0. The van der Waals surface area contributed by atoms with Crippen LogP contribution in [0.4, 0.5) is 4.79 Å². The van der Waals surface area contributed by atoms with E-state index < -0.39 is 0 Å². The minimum atomic E-state index is 0.104. The summed E-state index contributed by atoms with van der Waals surface area (Å²) in [5.74, 6) is 2.06. The van der Waals surface area contributed by atoms with E-state index in [1.807, 2.05) is 9.80 Å². The second-order valence-electron chi connectivity index (χ2n) is 3.21. The summed E-state index contributed by atoms with van der Waals surface area (Å²) in [4.78, 5) is 15.5. The largest absolute Gasteiger partial charge is 0.322 e. The van der Waals surface area contributed by atoms with E-state index in [0.717, 1.165) is 19.6 Å². The van der Waals surface area contributed by atoms with Crippen molar-refractivity contribution in [3.05, 3.63) is 0 Å². The highest BCUT2D eigenvalue weighted by Crippen LogP contribution is 2.14. The number of carbonyl (C=O) groups is 1. The van der Waals surface area contributed by atoms with Crippen molar-refractivity contribution in [3.8, 4) is 0 Å². The molecule has 1 fully saturated rings. The second-order valence-corrected chi connectivity index (χ2v) is 4.38. The maximum atomic E-state index is 11.8. The molecule has 1 saturated heterocycles. The zero-order valence-corrected chi connectivity index (χ0v) is 10.6. The van der Waals surface area contributed by atoms with Crippen LogP contribution in [-0.4, -0.2) is 58.8 Å². The fourth-order valence-electron chi connectivity index (χ4n) is 1.52. The molecule has 1 aliphatic heterocycles. The molecule has 0 aliphatic carbocycles. The van der Waals surface area contributed by atoms with Crippen LogP contribution in [0.3, 0.4) is 0 Å². The normalized spacial score (nSPS) is 17.3. The van der Waals surface area contributed by atoms with Crippen LogP contribution in [0.5, 0.6) is 0 Å². The molecule has 3 nitrogen and oxygen atoms in total. The highest BCUT2D eigenvalue weighted by molar-refractivity contribution is 7.81. The van der Waals surface area contributed by atoms with Gasteiger partial charge in [-0.3, -0.25) is 0 Å². The van der Waals surface area contributed by atoms with Gasteiger partial charge in [0.2, 0.25) is 0 Å². The fraction of sp³-hybridized carbons (Fsp3) is 0.875. The molecule has 6 heteroatoms. The van der Waals surface area contributed by atoms with E-state index in [1.165, 1.54) is 0 Å². The maximum absolute atomic E-state index is 11.8. The Hall–Kier alpha value is 0.320. The molecule has 2 amide bonds. The number of urea groups is 1. The lowest BCUT2D eigenvalue weighted by atomic mass is 10.3. The van der Waals surface area contributed by atoms with Crippen molar-refractivity contribution in [2.45, 2.75) is 6.04 Å². The Labute approximate surface area is 101 Å². The Morgan fingerprint density at radius 3 is 2.36 bits per heavy atom. The average Bonchev–Trinajstić information content (AvgIpc) is 2.53. The lowest BCUT2D eigenvalue weighted by molar-refractivity contribution is 0.186. The molecular weight excluding hydrogens is 236 g/mol. The average molecular weight is 252 g/mol. The third-order valence-electron chi connectivity index (χ3n) is 2.36. The quantitative estimate of drug-likeness (QED) is 0.622. The van der Waals surface area contributed by atoms with Gasteiger partial charge >= 0.3 is 6.03 Å². The lowest BCUT2D eigenvalue weighted by Crippen LogP contribution is -2.41. The molecular formula is C8H16N2OS3. The van der Waals surface area contributed by atoms with Gasteiger partial charge in [-0.2, -0.15) is 37.9 Å². The van der Waals surface area contributed by atoms with Crippen LogP contribution in [0.2, 0.25) is 0 Å². The lowest BCUT2D eigenvalue weighted by Gasteiger charge is -2.25. The number of carbonyl (C=O) groups excluding carboxylic acids is 1. The van der Waals surface area contributed by atoms with E-state index >= 15 is 0 Å². The first-order chi connectivity index (χ1) is 6.74. The topological polar surface area (TPSA) is 23.6 Å². The third-order valence-corrected chi connectivity index (χ3v) is 3.40. The Balaban J connectivity index is 2.53. The van der Waals surface area contributed by atoms with Crippen LogP contribution in [0.15, 0.2) is 0 Å². The molecule has 1 heterocycles. The highest BCUT2D eigenvalue weighted by atomic mass is 32.1. The molecule has 0 aromatic carbocycles. The molecule has 0 aromatic rings. The second kappa shape index (κ2) is 6.02. The van der Waals surface area contributed by atoms with Gasteiger partial charge in [-0.1, -0.05) is 0 Å². The SMILES string of the molecule is O=C1N(CCS)CCN1C(CS)CS. The van der Waals surface area contributed by atoms with Gasteiger partial charge in [-0.05, 0) is 0 Å². The first kappa shape index (κ1) is 12.4. The number of rotatable bonds is 5. The number of amides is 2. The van der Waals surface area contributed by atoms with Crippen molar-refractivity contribution < 1.29 is 4.79 Å². The van der Waals surface area contributed by atoms with Crippen LogP contribution < -0.4 is 0 Å². The predicted octanol–water partition coefficient (Wildman–Crippen LogP) is 0.882. The smallest absolute Gasteiger partial charge is 0.320 e. The molecule has 82 valence electrons. The molecule has 14 heavy (non-hydrogen) atoms. The Morgan fingerprint density at radius 1 is 1.21 bits per heavy atom. The van der Waals surface area contributed by atoms with Crippen molar-refractivity contribution in [3.63, 3.8) is 0 Å². The first-order valence-electron chi connectivity index (χ1n) is 4.62. The highest BCUT2D eigenvalue weighted by Gasteiger charge is 2.31. The van der Waals surface area contributed by atoms with Crippen LogP contribution in [-0.2, 0) is 0 Å². The van der Waals surface area contributed by atoms with E-state index in [4.69, 9.17) is 0 Å². The molecule has 0 bridgehead atoms. The van der Waals surface area contributed by atoms with Gasteiger partial charge in [-0.15, -0.1) is 0 Å². The number of hydrogen-bond donors (Lipinski definition) is 3. The van der Waals surface area contributed by atoms with E-state index in [1.54, 1.807) is 0 Å². The number of hydrogen-bond acceptors (Lipinski definition) is 4. The minimum Gasteiger partial charge on any atom is -0.322 e. The third kappa shape index (κ3) is 2.67. The number of thiol groups is 3. The molecule has 1 aliphatic rings. The zero-order valence-electron chi connectivity index (χ0n) is 7.96. The van der Waals surface area contributed by atoms with Gasteiger partial charge in [0.05, 0.1) is 6.04 Å². The fourth-order valence-corrected chi connectivity index (χ4v) is 2.62. The minimum absolute atomic E-state index is 0.104. The van der Waals surface area contributed by atoms with Crippen molar-refractivity contribution in [1.82, 2.24) is 9.80 Å². The van der Waals surface area contributed by atoms with Crippen LogP contribution >= 0.6 is 37.9 Å². The van der Waals surface area contributed by atoms with Crippen molar-refractivity contribution >= 4 is 43.9 Å². The Bertz CT molecular complexity index is 199. The summed E-state index contributed by atoms with van der Waals surface area (Å²) < 4.78 is 0. The number of nitrogens with zero attached hydrogens (tertiary/aromatic N) is 2.